The molecule has 0 saturated heterocycles. The molecule has 3 aromatic rings. The minimum Gasteiger partial charge on any atom is -0.341 e. The Morgan fingerprint density at radius 2 is 1.54 bits per heavy atom. The Bertz CT molecular complexity index is 1140. The molecule has 0 radical (unpaired) electrons. The summed E-state index contributed by atoms with van der Waals surface area (Å²) in [6.07, 6.45) is 0. The van der Waals surface area contributed by atoms with Crippen molar-refractivity contribution in [1.82, 2.24) is 9.78 Å². The second-order valence-corrected chi connectivity index (χ2v) is 9.22. The molecule has 150 valence electrons. The average Bonchev–Trinajstić information content (AvgIpc) is 2.94. The molecule has 0 atom stereocenters. The highest BCUT2D eigenvalue weighted by Gasteiger charge is 2.16. The second-order valence-electron chi connectivity index (χ2n) is 5.63. The van der Waals surface area contributed by atoms with Crippen molar-refractivity contribution in [3.63, 3.8) is 0 Å². The highest BCUT2D eigenvalue weighted by Crippen LogP contribution is 2.22. The van der Waals surface area contributed by atoms with Crippen LogP contribution >= 0.6 is 10.7 Å². The van der Waals surface area contributed by atoms with Crippen molar-refractivity contribution < 1.29 is 25.6 Å². The number of benzene rings is 2. The van der Waals surface area contributed by atoms with E-state index in [1.807, 2.05) is 18.2 Å². The molecule has 11 heteroatoms. The van der Waals surface area contributed by atoms with Crippen LogP contribution in [0, 0.1) is 13.8 Å². The molecule has 0 fully saturated rings. The van der Waals surface area contributed by atoms with E-state index in [0.29, 0.717) is 11.4 Å². The van der Waals surface area contributed by atoms with Gasteiger partial charge in [-0.3, -0.25) is 4.55 Å². The van der Waals surface area contributed by atoms with Gasteiger partial charge in [0, 0.05) is 16.7 Å². The van der Waals surface area contributed by atoms with Crippen LogP contribution in [-0.4, -0.2) is 31.2 Å². The van der Waals surface area contributed by atoms with Crippen molar-refractivity contribution >= 4 is 30.1 Å². The maximum Gasteiger partial charge on any atom is 0.447 e. The van der Waals surface area contributed by atoms with Crippen LogP contribution in [0.25, 0.3) is 5.69 Å². The minimum absolute atomic E-state index is 0.117. The van der Waals surface area contributed by atoms with E-state index in [-0.39, 0.29) is 10.8 Å². The molecule has 8 nitrogen and oxygen atoms in total. The summed E-state index contributed by atoms with van der Waals surface area (Å²) in [6.45, 7) is 3.67. The fourth-order valence-corrected chi connectivity index (χ4v) is 3.22. The zero-order chi connectivity index (χ0) is 20.9. The highest BCUT2D eigenvalue weighted by molar-refractivity contribution is 8.13. The molecule has 3 rings (SSSR count). The lowest BCUT2D eigenvalue weighted by Gasteiger charge is -2.06. The van der Waals surface area contributed by atoms with Crippen LogP contribution in [0.15, 0.2) is 65.6 Å². The number of aryl methyl sites for hydroxylation is 2. The van der Waals surface area contributed by atoms with Crippen molar-refractivity contribution in [1.29, 1.82) is 0 Å². The minimum atomic E-state index is -4.70. The maximum atomic E-state index is 11.1. The zero-order valence-electron chi connectivity index (χ0n) is 14.9. The van der Waals surface area contributed by atoms with Crippen LogP contribution in [0.2, 0.25) is 0 Å². The lowest BCUT2D eigenvalue weighted by Crippen LogP contribution is -2.10. The summed E-state index contributed by atoms with van der Waals surface area (Å²) in [4.78, 5) is -0.117. The summed E-state index contributed by atoms with van der Waals surface area (Å²) in [5.74, 6) is -0.239. The van der Waals surface area contributed by atoms with Crippen molar-refractivity contribution in [3.05, 3.63) is 71.9 Å². The van der Waals surface area contributed by atoms with Crippen LogP contribution in [0.1, 0.15) is 11.3 Å². The van der Waals surface area contributed by atoms with Crippen LogP contribution in [-0.2, 0) is 19.4 Å². The Morgan fingerprint density at radius 3 is 1.96 bits per heavy atom. The number of rotatable bonds is 4. The van der Waals surface area contributed by atoms with E-state index in [4.69, 9.17) is 15.2 Å². The van der Waals surface area contributed by atoms with Crippen molar-refractivity contribution in [2.45, 2.75) is 18.7 Å². The van der Waals surface area contributed by atoms with Gasteiger partial charge in [0.15, 0.2) is 0 Å². The second kappa shape index (κ2) is 8.74. The summed E-state index contributed by atoms with van der Waals surface area (Å²) in [5.41, 5.74) is 2.08. The van der Waals surface area contributed by atoms with E-state index in [9.17, 15) is 16.8 Å². The van der Waals surface area contributed by atoms with Gasteiger partial charge < -0.3 is 4.18 Å². The lowest BCUT2D eigenvalue weighted by atomic mass is 10.2. The van der Waals surface area contributed by atoms with Gasteiger partial charge in [0.05, 0.1) is 16.3 Å². The molecule has 2 aromatic carbocycles. The number of aromatic nitrogens is 2. The van der Waals surface area contributed by atoms with E-state index >= 15 is 0 Å². The topological polar surface area (TPSA) is 116 Å². The van der Waals surface area contributed by atoms with Gasteiger partial charge in [0.1, 0.15) is 0 Å². The first-order valence-electron chi connectivity index (χ1n) is 7.76. The predicted octanol–water partition coefficient (Wildman–Crippen LogP) is 3.28. The van der Waals surface area contributed by atoms with Gasteiger partial charge in [0.2, 0.25) is 5.88 Å². The van der Waals surface area contributed by atoms with Gasteiger partial charge in [-0.05, 0) is 38.1 Å². The van der Waals surface area contributed by atoms with E-state index < -0.39 is 19.4 Å². The van der Waals surface area contributed by atoms with E-state index in [2.05, 4.69) is 28.3 Å². The number of hydrogen-bond donors (Lipinski definition) is 1. The van der Waals surface area contributed by atoms with Crippen LogP contribution in [0.4, 0.5) is 0 Å². The SMILES string of the molecule is Cc1cc(OS(=O)(=O)O)n(-c2ccc(S(=O)(=O)Cl)cc2)n1.Cc1ccccc1. The van der Waals surface area contributed by atoms with Gasteiger partial charge in [0.25, 0.3) is 9.05 Å². The molecule has 1 aromatic heterocycles. The number of hydrogen-bond acceptors (Lipinski definition) is 6. The standard InChI is InChI=1S/C10H9ClN2O6S2.C7H8/c1-7-6-10(19-21(16,17)18)13(12-7)8-2-4-9(5-3-8)20(11,14)15;1-7-5-3-2-4-6-7/h2-6H,1H3,(H,16,17,18);2-6H,1H3. The summed E-state index contributed by atoms with van der Waals surface area (Å²) in [6, 6.07) is 16.7. The normalized spacial score (nSPS) is 11.4. The van der Waals surface area contributed by atoms with E-state index in [1.54, 1.807) is 6.92 Å². The molecule has 1 heterocycles. The number of halogens is 1. The highest BCUT2D eigenvalue weighted by atomic mass is 35.7. The first-order chi connectivity index (χ1) is 13.0. The molecule has 0 unspecified atom stereocenters. The van der Waals surface area contributed by atoms with Gasteiger partial charge in [-0.25, -0.2) is 8.42 Å². The molecule has 0 bridgehead atoms. The van der Waals surface area contributed by atoms with Crippen molar-refractivity contribution in [2.24, 2.45) is 0 Å². The summed E-state index contributed by atoms with van der Waals surface area (Å²) >= 11 is 0. The third kappa shape index (κ3) is 6.64. The fraction of sp³-hybridized carbons (Fsp3) is 0.118. The summed E-state index contributed by atoms with van der Waals surface area (Å²) < 4.78 is 58.0. The Labute approximate surface area is 167 Å². The molecule has 0 aliphatic heterocycles. The molecule has 0 aliphatic rings. The summed E-state index contributed by atoms with van der Waals surface area (Å²) in [5, 5.41) is 3.99. The van der Waals surface area contributed by atoms with Gasteiger partial charge >= 0.3 is 10.4 Å². The van der Waals surface area contributed by atoms with Crippen molar-refractivity contribution in [3.8, 4) is 11.6 Å². The summed E-state index contributed by atoms with van der Waals surface area (Å²) in [7, 11) is -3.37. The number of nitrogens with zero attached hydrogens (tertiary/aromatic N) is 2. The largest absolute Gasteiger partial charge is 0.447 e. The Balaban J connectivity index is 0.000000336. The molecular formula is C17H17ClN2O6S2. The molecule has 0 saturated carbocycles. The molecule has 1 N–H and O–H groups in total. The fourth-order valence-electron chi connectivity index (χ4n) is 2.11. The monoisotopic (exact) mass is 444 g/mol. The Morgan fingerprint density at radius 1 is 0.964 bits per heavy atom. The van der Waals surface area contributed by atoms with Gasteiger partial charge in [-0.2, -0.15) is 18.2 Å². The Kier molecular flexibility index (Phi) is 6.83. The average molecular weight is 445 g/mol. The van der Waals surface area contributed by atoms with E-state index in [1.165, 1.54) is 35.9 Å². The maximum absolute atomic E-state index is 11.1. The Hall–Kier alpha value is -2.40. The molecule has 28 heavy (non-hydrogen) atoms. The van der Waals surface area contributed by atoms with Crippen molar-refractivity contribution in [2.75, 3.05) is 0 Å². The smallest absolute Gasteiger partial charge is 0.341 e. The zero-order valence-corrected chi connectivity index (χ0v) is 17.2. The molecular weight excluding hydrogens is 428 g/mol. The van der Waals surface area contributed by atoms with Gasteiger partial charge in [-0.1, -0.05) is 35.9 Å². The van der Waals surface area contributed by atoms with Crippen LogP contribution in [0.5, 0.6) is 5.88 Å². The molecule has 0 aliphatic carbocycles. The van der Waals surface area contributed by atoms with Gasteiger partial charge in [-0.15, -0.1) is 0 Å². The predicted molar refractivity (Wildman–Crippen MR) is 105 cm³/mol. The first-order valence-corrected chi connectivity index (χ1v) is 11.4. The quantitative estimate of drug-likeness (QED) is 0.484. The van der Waals surface area contributed by atoms with Crippen LogP contribution < -0.4 is 4.18 Å². The first kappa shape index (κ1) is 21.9. The van der Waals surface area contributed by atoms with E-state index in [0.717, 1.165) is 4.68 Å². The van der Waals surface area contributed by atoms with Crippen LogP contribution in [0.3, 0.4) is 0 Å². The third-order valence-electron chi connectivity index (χ3n) is 3.29. The third-order valence-corrected chi connectivity index (χ3v) is 5.04. The molecule has 0 spiro atoms. The lowest BCUT2D eigenvalue weighted by molar-refractivity contribution is 0.375. The molecule has 0 amide bonds.